The minimum absolute atomic E-state index is 0.0551. The largest absolute Gasteiger partial charge is 0.443 e. The number of carbonyl (C=O) groups is 2. The molecule has 1 aromatic rings. The van der Waals surface area contributed by atoms with Crippen molar-refractivity contribution in [2.75, 3.05) is 0 Å². The summed E-state index contributed by atoms with van der Waals surface area (Å²) < 4.78 is 34.9. The summed E-state index contributed by atoms with van der Waals surface area (Å²) in [5, 5.41) is 0. The van der Waals surface area contributed by atoms with Gasteiger partial charge in [0.2, 0.25) is 0 Å². The molecule has 0 saturated heterocycles. The van der Waals surface area contributed by atoms with E-state index in [1.165, 1.54) is 12.1 Å². The molecule has 0 saturated carbocycles. The van der Waals surface area contributed by atoms with E-state index in [-0.39, 0.29) is 17.9 Å². The number of rotatable bonds is 2. The molecule has 0 atom stereocenters. The Morgan fingerprint density at radius 2 is 2.00 bits per heavy atom. The molecule has 1 aliphatic heterocycles. The van der Waals surface area contributed by atoms with Crippen LogP contribution in [-0.2, 0) is 11.3 Å². The Kier molecular flexibility index (Phi) is 4.42. The van der Waals surface area contributed by atoms with Crippen molar-refractivity contribution in [1.29, 1.82) is 0 Å². The number of carbonyl (C=O) groups excluding carboxylic acids is 2. The molecular formula is C14H14BrF2NO4. The molecule has 0 radical (unpaired) electrons. The Morgan fingerprint density at radius 1 is 1.36 bits per heavy atom. The lowest BCUT2D eigenvalue weighted by Gasteiger charge is -2.23. The molecule has 0 N–H and O–H groups in total. The summed E-state index contributed by atoms with van der Waals surface area (Å²) in [5.41, 5.74) is -0.416. The standard InChI is InChI=1S/C14H14BrF2NO4/c1-14(2,3)22-13(20)18-6-7-8(15)4-5-9(21-12(16)17)10(7)11(18)19/h4-5,12H,6H2,1-3H3. The number of imide groups is 1. The number of alkyl halides is 2. The number of benzene rings is 1. The molecule has 2 amide bonds. The first kappa shape index (κ1) is 16.7. The molecule has 8 heteroatoms. The molecule has 5 nitrogen and oxygen atoms in total. The van der Waals surface area contributed by atoms with Gasteiger partial charge < -0.3 is 9.47 Å². The summed E-state index contributed by atoms with van der Waals surface area (Å²) in [6.45, 7) is 1.87. The van der Waals surface area contributed by atoms with E-state index >= 15 is 0 Å². The minimum Gasteiger partial charge on any atom is -0.443 e. The highest BCUT2D eigenvalue weighted by Crippen LogP contribution is 2.37. The summed E-state index contributed by atoms with van der Waals surface area (Å²) in [6, 6.07) is 2.74. The fourth-order valence-corrected chi connectivity index (χ4v) is 2.47. The zero-order valence-electron chi connectivity index (χ0n) is 12.2. The molecule has 2 rings (SSSR count). The average Bonchev–Trinajstić information content (AvgIpc) is 2.69. The number of halogens is 3. The quantitative estimate of drug-likeness (QED) is 0.782. The normalized spacial score (nSPS) is 14.3. The molecular weight excluding hydrogens is 364 g/mol. The van der Waals surface area contributed by atoms with Gasteiger partial charge in [0.15, 0.2) is 0 Å². The molecule has 22 heavy (non-hydrogen) atoms. The van der Waals surface area contributed by atoms with Gasteiger partial charge in [-0.1, -0.05) is 15.9 Å². The topological polar surface area (TPSA) is 55.8 Å². The van der Waals surface area contributed by atoms with Gasteiger partial charge in [-0.2, -0.15) is 8.78 Å². The van der Waals surface area contributed by atoms with E-state index in [0.29, 0.717) is 10.0 Å². The molecule has 0 aromatic heterocycles. The maximum absolute atomic E-state index is 12.4. The summed E-state index contributed by atoms with van der Waals surface area (Å²) in [7, 11) is 0. The van der Waals surface area contributed by atoms with E-state index in [2.05, 4.69) is 20.7 Å². The first-order valence-corrected chi connectivity index (χ1v) is 7.20. The van der Waals surface area contributed by atoms with Crippen LogP contribution in [0.1, 0.15) is 36.7 Å². The second-order valence-corrected chi connectivity index (χ2v) is 6.50. The van der Waals surface area contributed by atoms with Crippen molar-refractivity contribution in [3.63, 3.8) is 0 Å². The van der Waals surface area contributed by atoms with Gasteiger partial charge in [-0.25, -0.2) is 9.69 Å². The van der Waals surface area contributed by atoms with Crippen LogP contribution in [0, 0.1) is 0 Å². The van der Waals surface area contributed by atoms with Crippen molar-refractivity contribution in [2.24, 2.45) is 0 Å². The highest BCUT2D eigenvalue weighted by atomic mass is 79.9. The van der Waals surface area contributed by atoms with Crippen molar-refractivity contribution in [1.82, 2.24) is 4.90 Å². The Bertz CT molecular complexity index is 628. The van der Waals surface area contributed by atoms with Gasteiger partial charge in [-0.15, -0.1) is 0 Å². The monoisotopic (exact) mass is 377 g/mol. The Hall–Kier alpha value is -1.70. The third-order valence-electron chi connectivity index (χ3n) is 2.82. The molecule has 1 aromatic carbocycles. The maximum Gasteiger partial charge on any atom is 0.417 e. The van der Waals surface area contributed by atoms with Crippen molar-refractivity contribution >= 4 is 27.9 Å². The van der Waals surface area contributed by atoms with Crippen LogP contribution in [0.2, 0.25) is 0 Å². The average molecular weight is 378 g/mol. The number of nitrogens with zero attached hydrogens (tertiary/aromatic N) is 1. The van der Waals surface area contributed by atoms with Gasteiger partial charge >= 0.3 is 12.7 Å². The van der Waals surface area contributed by atoms with Crippen molar-refractivity contribution in [2.45, 2.75) is 39.5 Å². The summed E-state index contributed by atoms with van der Waals surface area (Å²) in [4.78, 5) is 25.3. The van der Waals surface area contributed by atoms with Crippen molar-refractivity contribution < 1.29 is 27.8 Å². The van der Waals surface area contributed by atoms with E-state index in [1.807, 2.05) is 0 Å². The van der Waals surface area contributed by atoms with E-state index in [4.69, 9.17) is 4.74 Å². The molecule has 0 aliphatic carbocycles. The first-order chi connectivity index (χ1) is 10.1. The van der Waals surface area contributed by atoms with Crippen LogP contribution in [0.4, 0.5) is 13.6 Å². The van der Waals surface area contributed by atoms with Crippen LogP contribution >= 0.6 is 15.9 Å². The zero-order valence-corrected chi connectivity index (χ0v) is 13.7. The van der Waals surface area contributed by atoms with E-state index in [1.54, 1.807) is 20.8 Å². The van der Waals surface area contributed by atoms with Crippen LogP contribution < -0.4 is 4.74 Å². The van der Waals surface area contributed by atoms with Crippen LogP contribution in [0.25, 0.3) is 0 Å². The van der Waals surface area contributed by atoms with Gasteiger partial charge in [0.05, 0.1) is 12.1 Å². The summed E-state index contributed by atoms with van der Waals surface area (Å²) in [6.07, 6.45) is -0.830. The molecule has 1 aliphatic rings. The minimum atomic E-state index is -3.06. The third kappa shape index (κ3) is 3.37. The highest BCUT2D eigenvalue weighted by molar-refractivity contribution is 9.10. The van der Waals surface area contributed by atoms with Crippen molar-refractivity contribution in [3.8, 4) is 5.75 Å². The summed E-state index contributed by atoms with van der Waals surface area (Å²) in [5.74, 6) is -0.981. The number of hydrogen-bond donors (Lipinski definition) is 0. The van der Waals surface area contributed by atoms with Gasteiger partial charge in [-0.3, -0.25) is 4.79 Å². The molecule has 0 unspecified atom stereocenters. The van der Waals surface area contributed by atoms with Crippen molar-refractivity contribution in [3.05, 3.63) is 27.7 Å². The molecule has 1 heterocycles. The molecule has 120 valence electrons. The fraction of sp³-hybridized carbons (Fsp3) is 0.429. The van der Waals surface area contributed by atoms with Crippen LogP contribution in [0.5, 0.6) is 5.75 Å². The predicted octanol–water partition coefficient (Wildman–Crippen LogP) is 3.94. The smallest absolute Gasteiger partial charge is 0.417 e. The SMILES string of the molecule is CC(C)(C)OC(=O)N1Cc2c(Br)ccc(OC(F)F)c2C1=O. The Morgan fingerprint density at radius 3 is 2.55 bits per heavy atom. The van der Waals surface area contributed by atoms with Crippen LogP contribution in [-0.4, -0.2) is 29.1 Å². The zero-order chi connectivity index (χ0) is 16.7. The van der Waals surface area contributed by atoms with Gasteiger partial charge in [0.1, 0.15) is 11.4 Å². The Balaban J connectivity index is 2.35. The number of ether oxygens (including phenoxy) is 2. The lowest BCUT2D eigenvalue weighted by atomic mass is 10.1. The first-order valence-electron chi connectivity index (χ1n) is 6.41. The van der Waals surface area contributed by atoms with E-state index in [0.717, 1.165) is 4.90 Å². The number of amides is 2. The lowest BCUT2D eigenvalue weighted by molar-refractivity contribution is -0.0501. The van der Waals surface area contributed by atoms with E-state index < -0.39 is 24.2 Å². The molecule has 0 spiro atoms. The number of fused-ring (bicyclic) bond motifs is 1. The van der Waals surface area contributed by atoms with Gasteiger partial charge in [0.25, 0.3) is 5.91 Å². The third-order valence-corrected chi connectivity index (χ3v) is 3.57. The lowest BCUT2D eigenvalue weighted by Crippen LogP contribution is -2.37. The predicted molar refractivity (Wildman–Crippen MR) is 76.9 cm³/mol. The van der Waals surface area contributed by atoms with Crippen LogP contribution in [0.15, 0.2) is 16.6 Å². The van der Waals surface area contributed by atoms with Crippen LogP contribution in [0.3, 0.4) is 0 Å². The summed E-state index contributed by atoms with van der Waals surface area (Å²) >= 11 is 3.24. The maximum atomic E-state index is 12.4. The van der Waals surface area contributed by atoms with Gasteiger partial charge in [-0.05, 0) is 32.9 Å². The molecule has 0 bridgehead atoms. The van der Waals surface area contributed by atoms with E-state index in [9.17, 15) is 18.4 Å². The van der Waals surface area contributed by atoms with Gasteiger partial charge in [0, 0.05) is 10.0 Å². The fourth-order valence-electron chi connectivity index (χ4n) is 2.01. The Labute approximate surface area is 134 Å². The molecule has 0 fully saturated rings. The highest BCUT2D eigenvalue weighted by Gasteiger charge is 2.38. The second kappa shape index (κ2) is 5.83. The second-order valence-electron chi connectivity index (χ2n) is 5.65. The number of hydrogen-bond acceptors (Lipinski definition) is 4.